The smallest absolute Gasteiger partial charge is 0.270 e. The van der Waals surface area contributed by atoms with E-state index >= 15 is 0 Å². The molecule has 3 aromatic rings. The second-order valence-corrected chi connectivity index (χ2v) is 7.40. The van der Waals surface area contributed by atoms with Gasteiger partial charge in [0.15, 0.2) is 12.0 Å². The van der Waals surface area contributed by atoms with E-state index in [-0.39, 0.29) is 18.0 Å². The van der Waals surface area contributed by atoms with Crippen LogP contribution < -0.4 is 15.8 Å². The molecular weight excluding hydrogens is 358 g/mol. The van der Waals surface area contributed by atoms with E-state index in [1.54, 1.807) is 25.1 Å². The number of piperidine rings is 1. The third kappa shape index (κ3) is 3.76. The second-order valence-electron chi connectivity index (χ2n) is 7.40. The fourth-order valence-electron chi connectivity index (χ4n) is 3.43. The Balaban J connectivity index is 1.51. The van der Waals surface area contributed by atoms with Gasteiger partial charge in [-0.25, -0.2) is 9.67 Å². The first-order valence-corrected chi connectivity index (χ1v) is 9.46. The molecule has 1 saturated heterocycles. The molecule has 146 valence electrons. The predicted molar refractivity (Wildman–Crippen MR) is 106 cm³/mol. The van der Waals surface area contributed by atoms with Crippen molar-refractivity contribution in [2.24, 2.45) is 5.92 Å². The molecule has 1 aliphatic heterocycles. The fourth-order valence-corrected chi connectivity index (χ4v) is 3.43. The van der Waals surface area contributed by atoms with Crippen molar-refractivity contribution in [3.63, 3.8) is 0 Å². The molecule has 0 saturated carbocycles. The lowest BCUT2D eigenvalue weighted by Gasteiger charge is -2.31. The van der Waals surface area contributed by atoms with Gasteiger partial charge in [-0.15, -0.1) is 0 Å². The van der Waals surface area contributed by atoms with Crippen molar-refractivity contribution in [3.05, 3.63) is 46.6 Å². The van der Waals surface area contributed by atoms with Gasteiger partial charge >= 0.3 is 0 Å². The van der Waals surface area contributed by atoms with Gasteiger partial charge in [0.25, 0.3) is 5.56 Å². The molecule has 1 aromatic carbocycles. The molecule has 8 heteroatoms. The maximum absolute atomic E-state index is 12.5. The van der Waals surface area contributed by atoms with E-state index in [1.165, 1.54) is 11.1 Å². The minimum absolute atomic E-state index is 0.144. The Kier molecular flexibility index (Phi) is 4.85. The highest BCUT2D eigenvalue weighted by Gasteiger charge is 2.19. The van der Waals surface area contributed by atoms with Crippen molar-refractivity contribution in [1.82, 2.24) is 14.8 Å². The van der Waals surface area contributed by atoms with Gasteiger partial charge in [-0.05, 0) is 49.9 Å². The molecular formula is C20H23N5O3. The number of oxazole rings is 1. The molecule has 4 rings (SSSR count). The summed E-state index contributed by atoms with van der Waals surface area (Å²) in [6.07, 6.45) is 3.56. The van der Waals surface area contributed by atoms with Crippen molar-refractivity contribution in [3.8, 4) is 0 Å². The van der Waals surface area contributed by atoms with Crippen LogP contribution in [0, 0.1) is 12.8 Å². The van der Waals surface area contributed by atoms with Crippen molar-refractivity contribution in [2.45, 2.75) is 33.2 Å². The van der Waals surface area contributed by atoms with Crippen LogP contribution in [0.5, 0.6) is 0 Å². The van der Waals surface area contributed by atoms with Gasteiger partial charge in [0.1, 0.15) is 17.9 Å². The van der Waals surface area contributed by atoms with Gasteiger partial charge < -0.3 is 14.6 Å². The number of carbonyl (C=O) groups is 1. The lowest BCUT2D eigenvalue weighted by atomic mass is 9.99. The van der Waals surface area contributed by atoms with Crippen molar-refractivity contribution >= 4 is 28.5 Å². The van der Waals surface area contributed by atoms with Crippen LogP contribution in [-0.4, -0.2) is 33.8 Å². The molecule has 0 spiro atoms. The standard InChI is InChI=1S/C20H23N5O3/c1-13-5-7-24(8-6-13)18-9-14(2)20(27)25(23-18)11-19(26)22-15-3-4-17-16(10-15)21-12-28-17/h3-4,9-10,12-13H,5-8,11H2,1-2H3,(H,22,26). The van der Waals surface area contributed by atoms with Crippen LogP contribution in [0.3, 0.4) is 0 Å². The maximum Gasteiger partial charge on any atom is 0.270 e. The maximum atomic E-state index is 12.5. The number of anilines is 2. The number of amides is 1. The molecule has 1 fully saturated rings. The monoisotopic (exact) mass is 381 g/mol. The Bertz CT molecular complexity index is 1060. The number of nitrogens with one attached hydrogen (secondary N) is 1. The summed E-state index contributed by atoms with van der Waals surface area (Å²) in [5, 5.41) is 7.24. The Labute approximate surface area is 162 Å². The highest BCUT2D eigenvalue weighted by Crippen LogP contribution is 2.21. The first-order valence-electron chi connectivity index (χ1n) is 9.46. The summed E-state index contributed by atoms with van der Waals surface area (Å²) < 4.78 is 6.44. The van der Waals surface area contributed by atoms with Crippen LogP contribution in [0.1, 0.15) is 25.3 Å². The minimum atomic E-state index is -0.318. The average molecular weight is 381 g/mol. The number of aromatic nitrogens is 3. The van der Waals surface area contributed by atoms with E-state index in [2.05, 4.69) is 27.2 Å². The Morgan fingerprint density at radius 3 is 2.86 bits per heavy atom. The van der Waals surface area contributed by atoms with Crippen LogP contribution in [-0.2, 0) is 11.3 Å². The van der Waals surface area contributed by atoms with Crippen LogP contribution >= 0.6 is 0 Å². The number of carbonyl (C=O) groups excluding carboxylic acids is 1. The molecule has 0 atom stereocenters. The zero-order valence-electron chi connectivity index (χ0n) is 16.0. The van der Waals surface area contributed by atoms with E-state index in [0.29, 0.717) is 28.3 Å². The Hall–Kier alpha value is -3.16. The molecule has 2 aromatic heterocycles. The topological polar surface area (TPSA) is 93.3 Å². The summed E-state index contributed by atoms with van der Waals surface area (Å²) in [4.78, 5) is 31.2. The summed E-state index contributed by atoms with van der Waals surface area (Å²) in [6.45, 7) is 5.69. The minimum Gasteiger partial charge on any atom is -0.443 e. The molecule has 0 bridgehead atoms. The molecule has 0 unspecified atom stereocenters. The number of fused-ring (bicyclic) bond motifs is 1. The summed E-state index contributed by atoms with van der Waals surface area (Å²) in [6, 6.07) is 7.01. The second kappa shape index (κ2) is 7.46. The average Bonchev–Trinajstić information content (AvgIpc) is 3.13. The normalized spacial score (nSPS) is 15.1. The van der Waals surface area contributed by atoms with Gasteiger partial charge in [-0.2, -0.15) is 5.10 Å². The molecule has 1 amide bonds. The first-order chi connectivity index (χ1) is 13.5. The summed E-state index contributed by atoms with van der Waals surface area (Å²) >= 11 is 0. The quantitative estimate of drug-likeness (QED) is 0.747. The number of rotatable bonds is 4. The predicted octanol–water partition coefficient (Wildman–Crippen LogP) is 2.57. The van der Waals surface area contributed by atoms with Crippen molar-refractivity contribution < 1.29 is 9.21 Å². The zero-order chi connectivity index (χ0) is 19.7. The van der Waals surface area contributed by atoms with Crippen molar-refractivity contribution in [2.75, 3.05) is 23.3 Å². The van der Waals surface area contributed by atoms with Crippen LogP contribution in [0.2, 0.25) is 0 Å². The molecule has 0 aliphatic carbocycles. The van der Waals surface area contributed by atoms with Crippen molar-refractivity contribution in [1.29, 1.82) is 0 Å². The molecule has 0 radical (unpaired) electrons. The molecule has 1 aliphatic rings. The first kappa shape index (κ1) is 18.2. The van der Waals surface area contributed by atoms with Crippen LogP contribution in [0.4, 0.5) is 11.5 Å². The lowest BCUT2D eigenvalue weighted by molar-refractivity contribution is -0.117. The number of hydrogen-bond acceptors (Lipinski definition) is 6. The SMILES string of the molecule is Cc1cc(N2CCC(C)CC2)nn(CC(=O)Nc2ccc3ocnc3c2)c1=O. The third-order valence-electron chi connectivity index (χ3n) is 5.16. The van der Waals surface area contributed by atoms with E-state index in [9.17, 15) is 9.59 Å². The van der Waals surface area contributed by atoms with E-state index < -0.39 is 0 Å². The number of aryl methyl sites for hydroxylation is 1. The zero-order valence-corrected chi connectivity index (χ0v) is 16.0. The summed E-state index contributed by atoms with van der Waals surface area (Å²) in [7, 11) is 0. The van der Waals surface area contributed by atoms with E-state index in [4.69, 9.17) is 4.42 Å². The number of benzene rings is 1. The van der Waals surface area contributed by atoms with Crippen LogP contribution in [0.25, 0.3) is 11.1 Å². The van der Waals surface area contributed by atoms with E-state index in [0.717, 1.165) is 31.7 Å². The largest absolute Gasteiger partial charge is 0.443 e. The highest BCUT2D eigenvalue weighted by molar-refractivity contribution is 5.92. The lowest BCUT2D eigenvalue weighted by Crippen LogP contribution is -2.37. The van der Waals surface area contributed by atoms with Gasteiger partial charge in [-0.1, -0.05) is 6.92 Å². The molecule has 8 nitrogen and oxygen atoms in total. The molecule has 1 N–H and O–H groups in total. The Morgan fingerprint density at radius 2 is 2.07 bits per heavy atom. The third-order valence-corrected chi connectivity index (χ3v) is 5.16. The molecule has 3 heterocycles. The Morgan fingerprint density at radius 1 is 1.29 bits per heavy atom. The van der Waals surface area contributed by atoms with Gasteiger partial charge in [0.05, 0.1) is 0 Å². The summed E-state index contributed by atoms with van der Waals surface area (Å²) in [5.74, 6) is 1.14. The number of hydrogen-bond donors (Lipinski definition) is 1. The van der Waals surface area contributed by atoms with Gasteiger partial charge in [0.2, 0.25) is 5.91 Å². The fraction of sp³-hybridized carbons (Fsp3) is 0.400. The van der Waals surface area contributed by atoms with Crippen LogP contribution in [0.15, 0.2) is 39.9 Å². The van der Waals surface area contributed by atoms with Gasteiger partial charge in [-0.3, -0.25) is 9.59 Å². The van der Waals surface area contributed by atoms with E-state index in [1.807, 2.05) is 6.07 Å². The summed E-state index contributed by atoms with van der Waals surface area (Å²) in [5.41, 5.74) is 2.23. The highest BCUT2D eigenvalue weighted by atomic mass is 16.3. The number of nitrogens with zero attached hydrogens (tertiary/aromatic N) is 4. The molecule has 28 heavy (non-hydrogen) atoms. The van der Waals surface area contributed by atoms with Gasteiger partial charge in [0, 0.05) is 24.3 Å².